The number of fused-ring (bicyclic) bond motifs is 2. The lowest BCUT2D eigenvalue weighted by atomic mass is 10.00. The average Bonchev–Trinajstić information content (AvgIpc) is 3.37. The van der Waals surface area contributed by atoms with Crippen LogP contribution in [0.25, 0.3) is 16.8 Å². The van der Waals surface area contributed by atoms with Gasteiger partial charge in [0.05, 0.1) is 11.6 Å². The summed E-state index contributed by atoms with van der Waals surface area (Å²) in [6.45, 7) is 0.594. The van der Waals surface area contributed by atoms with Crippen molar-refractivity contribution in [1.82, 2.24) is 19.6 Å². The predicted octanol–water partition coefficient (Wildman–Crippen LogP) is 4.96. The van der Waals surface area contributed by atoms with E-state index in [-0.39, 0.29) is 5.82 Å². The van der Waals surface area contributed by atoms with Crippen molar-refractivity contribution in [1.29, 1.82) is 0 Å². The third-order valence-corrected chi connectivity index (χ3v) is 5.72. The molecule has 5 nitrogen and oxygen atoms in total. The zero-order valence-corrected chi connectivity index (χ0v) is 16.7. The van der Waals surface area contributed by atoms with E-state index in [0.717, 1.165) is 34.7 Å². The molecule has 1 aliphatic heterocycles. The first-order chi connectivity index (χ1) is 14.1. The number of rotatable bonds is 4. The lowest BCUT2D eigenvalue weighted by Crippen LogP contribution is -2.06. The molecule has 0 fully saturated rings. The van der Waals surface area contributed by atoms with E-state index in [1.54, 1.807) is 30.7 Å². The molecule has 0 bridgehead atoms. The van der Waals surface area contributed by atoms with E-state index >= 15 is 0 Å². The van der Waals surface area contributed by atoms with Gasteiger partial charge in [0.2, 0.25) is 0 Å². The summed E-state index contributed by atoms with van der Waals surface area (Å²) in [5, 5.41) is 9.34. The van der Waals surface area contributed by atoms with Crippen molar-refractivity contribution in [3.8, 4) is 16.9 Å². The van der Waals surface area contributed by atoms with Gasteiger partial charge in [0.15, 0.2) is 5.65 Å². The van der Waals surface area contributed by atoms with Crippen LogP contribution in [0.4, 0.5) is 4.39 Å². The Labute approximate surface area is 176 Å². The van der Waals surface area contributed by atoms with Gasteiger partial charge < -0.3 is 4.74 Å². The fourth-order valence-corrected chi connectivity index (χ4v) is 4.28. The maximum absolute atomic E-state index is 14.4. The molecule has 0 unspecified atom stereocenters. The van der Waals surface area contributed by atoms with Crippen molar-refractivity contribution in [2.45, 2.75) is 19.3 Å². The van der Waals surface area contributed by atoms with Crippen LogP contribution in [-0.4, -0.2) is 26.2 Å². The molecule has 0 atom stereocenters. The summed E-state index contributed by atoms with van der Waals surface area (Å²) in [6.07, 6.45) is 5.12. The standard InChI is InChI=1S/C21H15Cl2FN4O/c22-12-1-2-13(17(23)9-12)16-10-25-20(28-11-26-27-21(16)28)6-3-14-15-7-8-29-19(15)5-4-18(14)24/h1-2,4-5,9-11H,3,6-8H2. The first kappa shape index (κ1) is 18.3. The van der Waals surface area contributed by atoms with Crippen LogP contribution in [0.15, 0.2) is 42.9 Å². The zero-order chi connectivity index (χ0) is 20.0. The Bertz CT molecular complexity index is 1240. The van der Waals surface area contributed by atoms with Gasteiger partial charge >= 0.3 is 0 Å². The monoisotopic (exact) mass is 428 g/mol. The van der Waals surface area contributed by atoms with Crippen molar-refractivity contribution in [3.05, 3.63) is 75.7 Å². The zero-order valence-electron chi connectivity index (χ0n) is 15.2. The van der Waals surface area contributed by atoms with Gasteiger partial charge in [0.25, 0.3) is 0 Å². The Morgan fingerprint density at radius 3 is 2.86 bits per heavy atom. The molecular weight excluding hydrogens is 414 g/mol. The number of nitrogens with zero attached hydrogens (tertiary/aromatic N) is 4. The summed E-state index contributed by atoms with van der Waals surface area (Å²) in [5.41, 5.74) is 3.81. The second kappa shape index (κ2) is 7.28. The summed E-state index contributed by atoms with van der Waals surface area (Å²) in [5.74, 6) is 1.31. The van der Waals surface area contributed by atoms with Crippen LogP contribution in [-0.2, 0) is 19.3 Å². The molecule has 2 aromatic carbocycles. The Kier molecular flexibility index (Phi) is 4.60. The van der Waals surface area contributed by atoms with Crippen molar-refractivity contribution in [2.24, 2.45) is 0 Å². The number of aromatic nitrogens is 4. The minimum absolute atomic E-state index is 0.209. The van der Waals surface area contributed by atoms with Crippen LogP contribution in [0.5, 0.6) is 5.75 Å². The minimum atomic E-state index is -0.209. The molecule has 8 heteroatoms. The number of benzene rings is 2. The van der Waals surface area contributed by atoms with Crippen molar-refractivity contribution in [3.63, 3.8) is 0 Å². The molecular formula is C21H15Cl2FN4O. The molecule has 0 saturated heterocycles. The summed E-state index contributed by atoms with van der Waals surface area (Å²) in [7, 11) is 0. The van der Waals surface area contributed by atoms with Gasteiger partial charge in [0.1, 0.15) is 23.7 Å². The van der Waals surface area contributed by atoms with E-state index in [9.17, 15) is 4.39 Å². The third kappa shape index (κ3) is 3.22. The third-order valence-electron chi connectivity index (χ3n) is 5.17. The highest BCUT2D eigenvalue weighted by Crippen LogP contribution is 2.33. The van der Waals surface area contributed by atoms with E-state index in [4.69, 9.17) is 27.9 Å². The quantitative estimate of drug-likeness (QED) is 0.460. The first-order valence-corrected chi connectivity index (χ1v) is 9.93. The van der Waals surface area contributed by atoms with Crippen LogP contribution in [0.3, 0.4) is 0 Å². The van der Waals surface area contributed by atoms with Gasteiger partial charge in [-0.1, -0.05) is 29.3 Å². The molecule has 4 aromatic rings. The Hall–Kier alpha value is -2.70. The summed E-state index contributed by atoms with van der Waals surface area (Å²) in [4.78, 5) is 4.59. The largest absolute Gasteiger partial charge is 0.493 e. The minimum Gasteiger partial charge on any atom is -0.493 e. The molecule has 29 heavy (non-hydrogen) atoms. The maximum Gasteiger partial charge on any atom is 0.171 e. The lowest BCUT2D eigenvalue weighted by molar-refractivity contribution is 0.356. The molecule has 0 saturated carbocycles. The van der Waals surface area contributed by atoms with E-state index < -0.39 is 0 Å². The van der Waals surface area contributed by atoms with Crippen molar-refractivity contribution in [2.75, 3.05) is 6.61 Å². The second-order valence-electron chi connectivity index (χ2n) is 6.84. The van der Waals surface area contributed by atoms with Crippen LogP contribution in [0.1, 0.15) is 17.0 Å². The molecule has 0 radical (unpaired) electrons. The van der Waals surface area contributed by atoms with E-state index in [2.05, 4.69) is 15.2 Å². The number of halogens is 3. The summed E-state index contributed by atoms with van der Waals surface area (Å²) in [6, 6.07) is 8.44. The molecule has 3 heterocycles. The van der Waals surface area contributed by atoms with Gasteiger partial charge in [0, 0.05) is 40.8 Å². The van der Waals surface area contributed by atoms with Crippen molar-refractivity contribution < 1.29 is 9.13 Å². The SMILES string of the molecule is Fc1ccc2c(c1CCc1ncc(-c3ccc(Cl)cc3Cl)c3nncn13)CCO2. The van der Waals surface area contributed by atoms with Crippen LogP contribution < -0.4 is 4.74 Å². The summed E-state index contributed by atoms with van der Waals surface area (Å²) < 4.78 is 21.8. The molecule has 146 valence electrons. The van der Waals surface area contributed by atoms with Gasteiger partial charge in [-0.2, -0.15) is 0 Å². The first-order valence-electron chi connectivity index (χ1n) is 9.18. The van der Waals surface area contributed by atoms with Gasteiger partial charge in [-0.25, -0.2) is 9.37 Å². The Morgan fingerprint density at radius 1 is 1.10 bits per heavy atom. The molecule has 1 aliphatic rings. The van der Waals surface area contributed by atoms with Crippen LogP contribution >= 0.6 is 23.2 Å². The van der Waals surface area contributed by atoms with E-state index in [0.29, 0.717) is 40.7 Å². The molecule has 2 aromatic heterocycles. The maximum atomic E-state index is 14.4. The van der Waals surface area contributed by atoms with Crippen molar-refractivity contribution >= 4 is 28.8 Å². The molecule has 0 N–H and O–H groups in total. The number of hydrogen-bond donors (Lipinski definition) is 0. The number of aryl methyl sites for hydroxylation is 1. The smallest absolute Gasteiger partial charge is 0.171 e. The highest BCUT2D eigenvalue weighted by molar-refractivity contribution is 6.36. The van der Waals surface area contributed by atoms with E-state index in [1.165, 1.54) is 6.07 Å². The molecule has 0 aliphatic carbocycles. The molecule has 0 amide bonds. The van der Waals surface area contributed by atoms with Crippen LogP contribution in [0.2, 0.25) is 10.0 Å². The topological polar surface area (TPSA) is 52.3 Å². The summed E-state index contributed by atoms with van der Waals surface area (Å²) >= 11 is 12.4. The fraction of sp³-hybridized carbons (Fsp3) is 0.190. The number of hydrogen-bond acceptors (Lipinski definition) is 4. The Balaban J connectivity index is 1.50. The van der Waals surface area contributed by atoms with Crippen LogP contribution in [0, 0.1) is 5.82 Å². The van der Waals surface area contributed by atoms with Gasteiger partial charge in [-0.3, -0.25) is 4.40 Å². The van der Waals surface area contributed by atoms with Gasteiger partial charge in [-0.15, -0.1) is 10.2 Å². The second-order valence-corrected chi connectivity index (χ2v) is 7.68. The van der Waals surface area contributed by atoms with E-state index in [1.807, 2.05) is 10.5 Å². The molecule has 0 spiro atoms. The fourth-order valence-electron chi connectivity index (χ4n) is 3.77. The van der Waals surface area contributed by atoms with Gasteiger partial charge in [-0.05, 0) is 36.2 Å². The predicted molar refractivity (Wildman–Crippen MR) is 109 cm³/mol. The Morgan fingerprint density at radius 2 is 2.00 bits per heavy atom. The number of ether oxygens (including phenoxy) is 1. The normalized spacial score (nSPS) is 12.9. The highest BCUT2D eigenvalue weighted by atomic mass is 35.5. The highest BCUT2D eigenvalue weighted by Gasteiger charge is 2.20. The molecule has 5 rings (SSSR count). The lowest BCUT2D eigenvalue weighted by Gasteiger charge is -2.11. The average molecular weight is 429 g/mol.